The van der Waals surface area contributed by atoms with Crippen molar-refractivity contribution >= 4 is 17.2 Å². The SMILES string of the molecule is N#Cc1c(N)nc2c(c1-c1ccsc1)CCCC2. The van der Waals surface area contributed by atoms with Crippen LogP contribution in [0.1, 0.15) is 29.7 Å². The molecule has 0 spiro atoms. The van der Waals surface area contributed by atoms with Gasteiger partial charge in [0.05, 0.1) is 0 Å². The van der Waals surface area contributed by atoms with Crippen LogP contribution in [0, 0.1) is 11.3 Å². The third-order valence-corrected chi connectivity index (χ3v) is 4.11. The van der Waals surface area contributed by atoms with E-state index in [9.17, 15) is 5.26 Å². The van der Waals surface area contributed by atoms with Gasteiger partial charge < -0.3 is 5.73 Å². The number of anilines is 1. The normalized spacial score (nSPS) is 13.9. The number of nitriles is 1. The Morgan fingerprint density at radius 1 is 1.33 bits per heavy atom. The molecule has 1 aliphatic carbocycles. The Balaban J connectivity index is 2.33. The van der Waals surface area contributed by atoms with Crippen LogP contribution in [-0.4, -0.2) is 4.98 Å². The van der Waals surface area contributed by atoms with Gasteiger partial charge in [-0.2, -0.15) is 16.6 Å². The highest BCUT2D eigenvalue weighted by Crippen LogP contribution is 2.36. The molecule has 2 aromatic rings. The van der Waals surface area contributed by atoms with Crippen molar-refractivity contribution in [1.29, 1.82) is 5.26 Å². The molecular weight excluding hydrogens is 242 g/mol. The highest BCUT2D eigenvalue weighted by molar-refractivity contribution is 7.08. The fraction of sp³-hybridized carbons (Fsp3) is 0.286. The van der Waals surface area contributed by atoms with E-state index in [1.54, 1.807) is 11.3 Å². The Bertz CT molecular complexity index is 623. The lowest BCUT2D eigenvalue weighted by Crippen LogP contribution is -2.11. The Morgan fingerprint density at radius 3 is 2.89 bits per heavy atom. The van der Waals surface area contributed by atoms with Crippen LogP contribution in [0.4, 0.5) is 5.82 Å². The Morgan fingerprint density at radius 2 is 2.17 bits per heavy atom. The summed E-state index contributed by atoms with van der Waals surface area (Å²) in [4.78, 5) is 4.41. The van der Waals surface area contributed by atoms with Crippen molar-refractivity contribution in [3.8, 4) is 17.2 Å². The molecule has 3 nitrogen and oxygen atoms in total. The van der Waals surface area contributed by atoms with Crippen LogP contribution in [0.25, 0.3) is 11.1 Å². The molecule has 0 radical (unpaired) electrons. The molecule has 3 rings (SSSR count). The Hall–Kier alpha value is -1.86. The number of nitrogens with two attached hydrogens (primary N) is 1. The number of hydrogen-bond acceptors (Lipinski definition) is 4. The largest absolute Gasteiger partial charge is 0.383 e. The third kappa shape index (κ3) is 1.68. The van der Waals surface area contributed by atoms with Gasteiger partial charge in [0.1, 0.15) is 17.5 Å². The summed E-state index contributed by atoms with van der Waals surface area (Å²) >= 11 is 1.64. The van der Waals surface area contributed by atoms with Crippen molar-refractivity contribution in [2.45, 2.75) is 25.7 Å². The number of thiophene rings is 1. The van der Waals surface area contributed by atoms with E-state index in [0.717, 1.165) is 36.1 Å². The molecule has 0 aromatic carbocycles. The molecule has 18 heavy (non-hydrogen) atoms. The Kier molecular flexibility index (Phi) is 2.77. The molecule has 0 fully saturated rings. The average Bonchev–Trinajstić information content (AvgIpc) is 2.90. The first-order valence-corrected chi connectivity index (χ1v) is 6.99. The van der Waals surface area contributed by atoms with Gasteiger partial charge in [0, 0.05) is 11.3 Å². The summed E-state index contributed by atoms with van der Waals surface area (Å²) in [7, 11) is 0. The van der Waals surface area contributed by atoms with Gasteiger partial charge in [0.2, 0.25) is 0 Å². The molecule has 0 bridgehead atoms. The summed E-state index contributed by atoms with van der Waals surface area (Å²) < 4.78 is 0. The van der Waals surface area contributed by atoms with Gasteiger partial charge in [-0.15, -0.1) is 0 Å². The number of aromatic nitrogens is 1. The van der Waals surface area contributed by atoms with Gasteiger partial charge in [-0.25, -0.2) is 4.98 Å². The van der Waals surface area contributed by atoms with Gasteiger partial charge >= 0.3 is 0 Å². The lowest BCUT2D eigenvalue weighted by Gasteiger charge is -2.20. The van der Waals surface area contributed by atoms with Crippen molar-refractivity contribution in [1.82, 2.24) is 4.98 Å². The van der Waals surface area contributed by atoms with Crippen LogP contribution in [0.2, 0.25) is 0 Å². The van der Waals surface area contributed by atoms with Gasteiger partial charge in [0.15, 0.2) is 0 Å². The molecule has 4 heteroatoms. The van der Waals surface area contributed by atoms with Gasteiger partial charge in [0.25, 0.3) is 0 Å². The first-order valence-electron chi connectivity index (χ1n) is 6.05. The predicted octanol–water partition coefficient (Wildman–Crippen LogP) is 3.14. The first kappa shape index (κ1) is 11.2. The van der Waals surface area contributed by atoms with Crippen LogP contribution in [0.15, 0.2) is 16.8 Å². The lowest BCUT2D eigenvalue weighted by molar-refractivity contribution is 0.670. The molecule has 90 valence electrons. The minimum absolute atomic E-state index is 0.374. The molecule has 0 unspecified atom stereocenters. The van der Waals surface area contributed by atoms with Crippen LogP contribution in [0.3, 0.4) is 0 Å². The highest BCUT2D eigenvalue weighted by Gasteiger charge is 2.21. The fourth-order valence-electron chi connectivity index (χ4n) is 2.60. The number of hydrogen-bond donors (Lipinski definition) is 1. The van der Waals surface area contributed by atoms with Gasteiger partial charge in [-0.3, -0.25) is 0 Å². The zero-order valence-electron chi connectivity index (χ0n) is 9.94. The molecule has 0 saturated heterocycles. The van der Waals surface area contributed by atoms with E-state index >= 15 is 0 Å². The van der Waals surface area contributed by atoms with Crippen molar-refractivity contribution < 1.29 is 0 Å². The molecule has 1 aliphatic rings. The van der Waals surface area contributed by atoms with Crippen molar-refractivity contribution in [3.63, 3.8) is 0 Å². The molecule has 0 amide bonds. The van der Waals surface area contributed by atoms with Crippen molar-refractivity contribution in [2.75, 3.05) is 5.73 Å². The summed E-state index contributed by atoms with van der Waals surface area (Å²) in [5.74, 6) is 0.374. The van der Waals surface area contributed by atoms with Crippen LogP contribution in [0.5, 0.6) is 0 Å². The van der Waals surface area contributed by atoms with Gasteiger partial charge in [-0.1, -0.05) is 0 Å². The minimum atomic E-state index is 0.374. The third-order valence-electron chi connectivity index (χ3n) is 3.42. The van der Waals surface area contributed by atoms with Crippen molar-refractivity contribution in [3.05, 3.63) is 33.6 Å². The number of nitrogen functional groups attached to an aromatic ring is 1. The maximum Gasteiger partial charge on any atom is 0.142 e. The highest BCUT2D eigenvalue weighted by atomic mass is 32.1. The van der Waals surface area contributed by atoms with Crippen LogP contribution >= 0.6 is 11.3 Å². The second-order valence-corrected chi connectivity index (χ2v) is 5.28. The molecule has 2 N–H and O–H groups in total. The average molecular weight is 255 g/mol. The van der Waals surface area contributed by atoms with Crippen molar-refractivity contribution in [2.24, 2.45) is 0 Å². The molecule has 0 saturated carbocycles. The van der Waals surface area contributed by atoms with Crippen LogP contribution in [-0.2, 0) is 12.8 Å². The van der Waals surface area contributed by atoms with Crippen LogP contribution < -0.4 is 5.73 Å². The fourth-order valence-corrected chi connectivity index (χ4v) is 3.25. The van der Waals surface area contributed by atoms with E-state index in [4.69, 9.17) is 5.73 Å². The summed E-state index contributed by atoms with van der Waals surface area (Å²) in [5, 5.41) is 13.4. The van der Waals surface area contributed by atoms with E-state index in [1.165, 1.54) is 12.0 Å². The zero-order valence-corrected chi connectivity index (χ0v) is 10.8. The summed E-state index contributed by atoms with van der Waals surface area (Å²) in [6.07, 6.45) is 4.31. The summed E-state index contributed by atoms with van der Waals surface area (Å²) in [6.45, 7) is 0. The first-order chi connectivity index (χ1) is 8.81. The summed E-state index contributed by atoms with van der Waals surface area (Å²) in [5.41, 5.74) is 10.9. The van der Waals surface area contributed by atoms with Gasteiger partial charge in [-0.05, 0) is 53.6 Å². The molecule has 2 heterocycles. The van der Waals surface area contributed by atoms with E-state index in [2.05, 4.69) is 22.5 Å². The minimum Gasteiger partial charge on any atom is -0.383 e. The number of aryl methyl sites for hydroxylation is 1. The second-order valence-electron chi connectivity index (χ2n) is 4.50. The number of rotatable bonds is 1. The smallest absolute Gasteiger partial charge is 0.142 e. The molecule has 2 aromatic heterocycles. The quantitative estimate of drug-likeness (QED) is 0.851. The second kappa shape index (κ2) is 4.43. The maximum absolute atomic E-state index is 9.33. The summed E-state index contributed by atoms with van der Waals surface area (Å²) in [6, 6.07) is 4.27. The maximum atomic E-state index is 9.33. The molecule has 0 atom stereocenters. The van der Waals surface area contributed by atoms with E-state index in [1.807, 2.05) is 5.38 Å². The van der Waals surface area contributed by atoms with E-state index < -0.39 is 0 Å². The standard InChI is InChI=1S/C14H13N3S/c15-7-11-13(9-5-6-18-8-9)10-3-1-2-4-12(10)17-14(11)16/h5-6,8H,1-4H2,(H2,16,17). The predicted molar refractivity (Wildman–Crippen MR) is 73.3 cm³/mol. The van der Waals surface area contributed by atoms with E-state index in [-0.39, 0.29) is 0 Å². The van der Waals surface area contributed by atoms with E-state index in [0.29, 0.717) is 11.4 Å². The Labute approximate surface area is 110 Å². The molecular formula is C14H13N3S. The molecule has 0 aliphatic heterocycles. The topological polar surface area (TPSA) is 62.7 Å². The monoisotopic (exact) mass is 255 g/mol. The lowest BCUT2D eigenvalue weighted by atomic mass is 9.87. The number of nitrogens with zero attached hydrogens (tertiary/aromatic N) is 2. The zero-order chi connectivity index (χ0) is 12.5. The number of fused-ring (bicyclic) bond motifs is 1. The number of pyridine rings is 1.